The van der Waals surface area contributed by atoms with Gasteiger partial charge in [0.1, 0.15) is 60.4 Å². The molecule has 0 radical (unpaired) electrons. The molecular formula is C54H79N13O14. The zero-order chi connectivity index (χ0) is 60.8. The third kappa shape index (κ3) is 21.3. The maximum atomic E-state index is 14.6. The van der Waals surface area contributed by atoms with Gasteiger partial charge in [0.2, 0.25) is 76.8 Å². The lowest BCUT2D eigenvalue weighted by molar-refractivity contribution is -0.144. The van der Waals surface area contributed by atoms with E-state index < -0.39 is 169 Å². The molecule has 13 amide bonds. The molecule has 10 atom stereocenters. The Hall–Kier alpha value is -8.49. The molecule has 1 saturated heterocycles. The van der Waals surface area contributed by atoms with Crippen molar-refractivity contribution >= 4 is 76.8 Å². The summed E-state index contributed by atoms with van der Waals surface area (Å²) in [7, 11) is 2.46. The summed E-state index contributed by atoms with van der Waals surface area (Å²) in [5, 5.41) is 34.7. The number of aliphatic hydroxyl groups excluding tert-OH is 1. The summed E-state index contributed by atoms with van der Waals surface area (Å²) in [6.45, 7) is 9.79. The second kappa shape index (κ2) is 31.9. The van der Waals surface area contributed by atoms with E-state index in [4.69, 9.17) is 5.73 Å². The highest BCUT2D eigenvalue weighted by Gasteiger charge is 2.38. The van der Waals surface area contributed by atoms with Gasteiger partial charge in [0.25, 0.3) is 0 Å². The van der Waals surface area contributed by atoms with Crippen LogP contribution in [0.2, 0.25) is 0 Å². The molecular weight excluding hydrogens is 1050 g/mol. The SMILES string of the molecule is CC(C)C[C@@H]1NC(=O)CNC(=O)[C@H](Cc2ccccc2)N(C)C(=O)[C@H](C)NC(=O)[C@H](C)NC(=O)C[C@@H](C(=O)N(C)C(C)C(=O)NC(CO)C(=O)NCC(N)=O)NC(=O)[C@H](Cc2ccccc2)NC(=O)[C@H](C(C)C)NC(=O)[C@H](C)NC1=O. The van der Waals surface area contributed by atoms with E-state index in [1.54, 1.807) is 88.4 Å². The molecule has 1 heterocycles. The molecule has 0 aliphatic carbocycles. The predicted octanol–water partition coefficient (Wildman–Crippen LogP) is -4.10. The van der Waals surface area contributed by atoms with Crippen molar-refractivity contribution < 1.29 is 67.4 Å². The van der Waals surface area contributed by atoms with Crippen LogP contribution in [0.15, 0.2) is 60.7 Å². The molecule has 444 valence electrons. The third-order valence-corrected chi connectivity index (χ3v) is 13.2. The minimum atomic E-state index is -1.86. The van der Waals surface area contributed by atoms with Crippen LogP contribution in [-0.2, 0) is 75.2 Å². The fourth-order valence-corrected chi connectivity index (χ4v) is 8.27. The molecule has 81 heavy (non-hydrogen) atoms. The lowest BCUT2D eigenvalue weighted by Crippen LogP contribution is -2.61. The standard InChI is InChI=1S/C54H79N13O14/c1-28(2)21-36-49(76)59-31(6)46(73)65-44(29(3)4)52(79)62-37(22-34-17-13-11-14-18-34)50(77)63-38(54(81)66(9)33(8)47(74)64-39(27-68)48(75)56-25-41(55)69)24-42(70)58-30(5)45(72)60-32(7)53(80)67(10)40(23-35-19-15-12-16-20-35)51(78)57-26-43(71)61-36/h11-20,28-33,36-40,44,68H,21-27H2,1-10H3,(H2,55,69)(H,56,75)(H,57,78)(H,58,70)(H,59,76)(H,60,72)(H,61,71)(H,62,79)(H,63,77)(H,64,74)(H,65,73)/t30-,31-,32-,33?,36-,37-,38-,39?,40-,44-/m0/s1. The molecule has 3 rings (SSSR count). The second-order valence-electron chi connectivity index (χ2n) is 20.7. The average molecular weight is 1130 g/mol. The van der Waals surface area contributed by atoms with E-state index >= 15 is 0 Å². The monoisotopic (exact) mass is 1130 g/mol. The van der Waals surface area contributed by atoms with Crippen LogP contribution in [0.5, 0.6) is 0 Å². The van der Waals surface area contributed by atoms with E-state index in [1.165, 1.54) is 34.7 Å². The van der Waals surface area contributed by atoms with Gasteiger partial charge in [-0.3, -0.25) is 62.3 Å². The van der Waals surface area contributed by atoms with E-state index in [0.29, 0.717) is 11.1 Å². The number of nitrogens with one attached hydrogen (secondary N) is 10. The molecule has 0 bridgehead atoms. The zero-order valence-corrected chi connectivity index (χ0v) is 47.4. The minimum absolute atomic E-state index is 0.0396. The summed E-state index contributed by atoms with van der Waals surface area (Å²) in [5.74, 6) is -12.5. The van der Waals surface area contributed by atoms with Crippen molar-refractivity contribution in [2.45, 2.75) is 141 Å². The number of carbonyl (C=O) groups is 13. The molecule has 1 aliphatic rings. The number of benzene rings is 2. The van der Waals surface area contributed by atoms with Gasteiger partial charge < -0.3 is 73.8 Å². The number of aliphatic hydroxyl groups is 1. The molecule has 0 aromatic heterocycles. The first-order valence-corrected chi connectivity index (χ1v) is 26.5. The van der Waals surface area contributed by atoms with Crippen LogP contribution in [0.1, 0.15) is 79.4 Å². The van der Waals surface area contributed by atoms with Crippen molar-refractivity contribution in [2.24, 2.45) is 17.6 Å². The van der Waals surface area contributed by atoms with Gasteiger partial charge in [0, 0.05) is 26.9 Å². The first kappa shape index (κ1) is 66.8. The van der Waals surface area contributed by atoms with Gasteiger partial charge in [-0.15, -0.1) is 0 Å². The predicted molar refractivity (Wildman–Crippen MR) is 293 cm³/mol. The molecule has 1 fully saturated rings. The van der Waals surface area contributed by atoms with E-state index in [2.05, 4.69) is 53.2 Å². The summed E-state index contributed by atoms with van der Waals surface area (Å²) < 4.78 is 0. The van der Waals surface area contributed by atoms with Crippen molar-refractivity contribution in [3.05, 3.63) is 71.8 Å². The Morgan fingerprint density at radius 2 is 1.20 bits per heavy atom. The average Bonchev–Trinajstić information content (AvgIpc) is 3.41. The summed E-state index contributed by atoms with van der Waals surface area (Å²) in [4.78, 5) is 179. The van der Waals surface area contributed by atoms with Crippen LogP contribution in [0, 0.1) is 11.8 Å². The Morgan fingerprint density at radius 3 is 1.75 bits per heavy atom. The number of hydrogen-bond acceptors (Lipinski definition) is 14. The van der Waals surface area contributed by atoms with Gasteiger partial charge in [-0.05, 0) is 57.1 Å². The maximum absolute atomic E-state index is 14.6. The number of rotatable bonds is 15. The largest absolute Gasteiger partial charge is 0.394 e. The number of nitrogens with two attached hydrogens (primary N) is 1. The highest BCUT2D eigenvalue weighted by molar-refractivity contribution is 6.00. The topological polar surface area (TPSA) is 395 Å². The highest BCUT2D eigenvalue weighted by atomic mass is 16.3. The number of primary amides is 1. The summed E-state index contributed by atoms with van der Waals surface area (Å²) in [5.41, 5.74) is 6.24. The first-order valence-electron chi connectivity index (χ1n) is 26.5. The lowest BCUT2D eigenvalue weighted by Gasteiger charge is -2.31. The van der Waals surface area contributed by atoms with Crippen LogP contribution < -0.4 is 58.9 Å². The maximum Gasteiger partial charge on any atom is 0.246 e. The van der Waals surface area contributed by atoms with Gasteiger partial charge in [0.15, 0.2) is 0 Å². The molecule has 2 aromatic rings. The van der Waals surface area contributed by atoms with E-state index in [9.17, 15) is 67.4 Å². The fraction of sp³-hybridized carbons (Fsp3) is 0.537. The number of likely N-dealkylation sites (N-methyl/N-ethyl adjacent to an activating group) is 2. The van der Waals surface area contributed by atoms with Crippen LogP contribution in [-0.4, -0.2) is 186 Å². The van der Waals surface area contributed by atoms with Gasteiger partial charge >= 0.3 is 0 Å². The van der Waals surface area contributed by atoms with Crippen LogP contribution in [0.4, 0.5) is 0 Å². The Morgan fingerprint density at radius 1 is 0.654 bits per heavy atom. The highest BCUT2D eigenvalue weighted by Crippen LogP contribution is 2.14. The number of nitrogens with zero attached hydrogens (tertiary/aromatic N) is 2. The molecule has 2 aromatic carbocycles. The Balaban J connectivity index is 2.13. The molecule has 27 nitrogen and oxygen atoms in total. The van der Waals surface area contributed by atoms with Crippen molar-refractivity contribution in [3.63, 3.8) is 0 Å². The molecule has 27 heteroatoms. The van der Waals surface area contributed by atoms with Crippen molar-refractivity contribution in [3.8, 4) is 0 Å². The van der Waals surface area contributed by atoms with Crippen LogP contribution >= 0.6 is 0 Å². The Kier molecular flexibility index (Phi) is 26.3. The Bertz CT molecular complexity index is 2590. The van der Waals surface area contributed by atoms with E-state index in [1.807, 2.05) is 0 Å². The smallest absolute Gasteiger partial charge is 0.246 e. The number of amides is 13. The molecule has 2 unspecified atom stereocenters. The molecule has 13 N–H and O–H groups in total. The summed E-state index contributed by atoms with van der Waals surface area (Å²) in [6, 6.07) is 2.60. The third-order valence-electron chi connectivity index (χ3n) is 13.2. The Labute approximate surface area is 470 Å². The van der Waals surface area contributed by atoms with Gasteiger partial charge in [-0.1, -0.05) is 88.4 Å². The second-order valence-corrected chi connectivity index (χ2v) is 20.7. The molecule has 0 saturated carbocycles. The molecule has 0 spiro atoms. The van der Waals surface area contributed by atoms with Crippen molar-refractivity contribution in [1.82, 2.24) is 63.0 Å². The summed E-state index contributed by atoms with van der Waals surface area (Å²) >= 11 is 0. The van der Waals surface area contributed by atoms with Gasteiger partial charge in [-0.25, -0.2) is 0 Å². The van der Waals surface area contributed by atoms with Gasteiger partial charge in [-0.2, -0.15) is 0 Å². The molecule has 1 aliphatic heterocycles. The van der Waals surface area contributed by atoms with E-state index in [0.717, 1.165) is 16.8 Å². The number of carbonyl (C=O) groups excluding carboxylic acids is 13. The van der Waals surface area contributed by atoms with Crippen molar-refractivity contribution in [1.29, 1.82) is 0 Å². The lowest BCUT2D eigenvalue weighted by atomic mass is 10.00. The first-order chi connectivity index (χ1) is 38.0. The van der Waals surface area contributed by atoms with Crippen molar-refractivity contribution in [2.75, 3.05) is 33.8 Å². The van der Waals surface area contributed by atoms with Gasteiger partial charge in [0.05, 0.1) is 26.1 Å². The van der Waals surface area contributed by atoms with Crippen LogP contribution in [0.3, 0.4) is 0 Å². The summed E-state index contributed by atoms with van der Waals surface area (Å²) in [6.07, 6.45) is -1.05. The normalized spacial score (nSPS) is 23.5. The quantitative estimate of drug-likeness (QED) is 0.0807. The zero-order valence-electron chi connectivity index (χ0n) is 47.4. The van der Waals surface area contributed by atoms with E-state index in [-0.39, 0.29) is 25.2 Å². The number of hydrogen-bond donors (Lipinski definition) is 12. The van der Waals surface area contributed by atoms with Crippen LogP contribution in [0.25, 0.3) is 0 Å². The fourth-order valence-electron chi connectivity index (χ4n) is 8.27. The minimum Gasteiger partial charge on any atom is -0.394 e.